The number of amides is 1. The third-order valence-electron chi connectivity index (χ3n) is 6.20. The van der Waals surface area contributed by atoms with E-state index in [1.165, 1.54) is 17.7 Å². The number of rotatable bonds is 7. The number of hydrogen-bond donors (Lipinski definition) is 1. The molecule has 0 radical (unpaired) electrons. The summed E-state index contributed by atoms with van der Waals surface area (Å²) in [7, 11) is 0. The van der Waals surface area contributed by atoms with Crippen molar-refractivity contribution in [3.05, 3.63) is 71.9 Å². The molecule has 168 valence electrons. The zero-order valence-corrected chi connectivity index (χ0v) is 18.5. The Labute approximate surface area is 187 Å². The molecule has 1 amide bonds. The second kappa shape index (κ2) is 10.0. The fourth-order valence-electron chi connectivity index (χ4n) is 4.17. The minimum atomic E-state index is -0.334. The van der Waals surface area contributed by atoms with Crippen molar-refractivity contribution in [3.63, 3.8) is 0 Å². The molecule has 7 heteroatoms. The van der Waals surface area contributed by atoms with E-state index in [1.54, 1.807) is 12.1 Å². The van der Waals surface area contributed by atoms with Crippen LogP contribution in [0.2, 0.25) is 0 Å². The lowest BCUT2D eigenvalue weighted by Gasteiger charge is -2.34. The maximum absolute atomic E-state index is 13.5. The molecular formula is C25H29FN4O2. The number of nitrogens with zero attached hydrogens (tertiary/aromatic N) is 3. The highest BCUT2D eigenvalue weighted by molar-refractivity contribution is 5.81. The summed E-state index contributed by atoms with van der Waals surface area (Å²) >= 11 is 0. The first-order valence-electron chi connectivity index (χ1n) is 11.2. The van der Waals surface area contributed by atoms with Crippen LogP contribution >= 0.6 is 0 Å². The summed E-state index contributed by atoms with van der Waals surface area (Å²) in [4.78, 5) is 19.5. The third kappa shape index (κ3) is 5.22. The van der Waals surface area contributed by atoms with Crippen LogP contribution in [0, 0.1) is 5.82 Å². The Balaban J connectivity index is 1.34. The van der Waals surface area contributed by atoms with Crippen molar-refractivity contribution >= 4 is 5.91 Å². The lowest BCUT2D eigenvalue weighted by molar-refractivity contribution is -0.126. The fourth-order valence-corrected chi connectivity index (χ4v) is 4.17. The van der Waals surface area contributed by atoms with Crippen molar-refractivity contribution in [3.8, 4) is 11.4 Å². The number of piperidine rings is 1. The summed E-state index contributed by atoms with van der Waals surface area (Å²) in [5.74, 6) is 0.924. The van der Waals surface area contributed by atoms with Gasteiger partial charge < -0.3 is 9.84 Å². The molecule has 32 heavy (non-hydrogen) atoms. The van der Waals surface area contributed by atoms with Crippen LogP contribution in [0.5, 0.6) is 0 Å². The molecule has 1 saturated heterocycles. The minimum absolute atomic E-state index is 0.0272. The summed E-state index contributed by atoms with van der Waals surface area (Å²) < 4.78 is 19.0. The van der Waals surface area contributed by atoms with Gasteiger partial charge in [-0.1, -0.05) is 54.5 Å². The second-order valence-electron chi connectivity index (χ2n) is 8.53. The Morgan fingerprint density at radius 1 is 1.22 bits per heavy atom. The van der Waals surface area contributed by atoms with Gasteiger partial charge in [0.25, 0.3) is 0 Å². The van der Waals surface area contributed by atoms with Gasteiger partial charge in [-0.15, -0.1) is 0 Å². The van der Waals surface area contributed by atoms with Gasteiger partial charge in [0, 0.05) is 18.7 Å². The predicted octanol–water partition coefficient (Wildman–Crippen LogP) is 4.36. The Morgan fingerprint density at radius 2 is 2.03 bits per heavy atom. The topological polar surface area (TPSA) is 71.3 Å². The van der Waals surface area contributed by atoms with Crippen LogP contribution in [0.3, 0.4) is 0 Å². The molecule has 3 aromatic rings. The highest BCUT2D eigenvalue weighted by atomic mass is 19.1. The summed E-state index contributed by atoms with van der Waals surface area (Å²) in [6.45, 7) is 6.18. The number of likely N-dealkylation sites (tertiary alicyclic amines) is 1. The van der Waals surface area contributed by atoms with Gasteiger partial charge in [0.2, 0.25) is 17.6 Å². The van der Waals surface area contributed by atoms with Gasteiger partial charge in [-0.2, -0.15) is 4.98 Å². The lowest BCUT2D eigenvalue weighted by Crippen LogP contribution is -2.49. The molecular weight excluding hydrogens is 407 g/mol. The molecule has 3 unspecified atom stereocenters. The Morgan fingerprint density at radius 3 is 2.81 bits per heavy atom. The number of benzene rings is 2. The van der Waals surface area contributed by atoms with Crippen molar-refractivity contribution in [1.29, 1.82) is 0 Å². The van der Waals surface area contributed by atoms with Gasteiger partial charge in [-0.05, 0) is 49.9 Å². The van der Waals surface area contributed by atoms with E-state index >= 15 is 0 Å². The van der Waals surface area contributed by atoms with Gasteiger partial charge >= 0.3 is 0 Å². The van der Waals surface area contributed by atoms with Crippen LogP contribution in [-0.4, -0.2) is 46.6 Å². The first kappa shape index (κ1) is 22.1. The van der Waals surface area contributed by atoms with E-state index in [-0.39, 0.29) is 29.6 Å². The van der Waals surface area contributed by atoms with E-state index in [2.05, 4.69) is 39.4 Å². The predicted molar refractivity (Wildman–Crippen MR) is 121 cm³/mol. The van der Waals surface area contributed by atoms with Gasteiger partial charge in [0.05, 0.1) is 12.0 Å². The molecule has 1 aliphatic heterocycles. The molecule has 1 N–H and O–H groups in total. The van der Waals surface area contributed by atoms with Crippen LogP contribution in [0.15, 0.2) is 59.1 Å². The van der Waals surface area contributed by atoms with Crippen molar-refractivity contribution in [1.82, 2.24) is 20.4 Å². The summed E-state index contributed by atoms with van der Waals surface area (Å²) in [6, 6.07) is 16.1. The number of nitrogens with one attached hydrogen (secondary N) is 1. The summed E-state index contributed by atoms with van der Waals surface area (Å²) in [5, 5.41) is 7.13. The number of hydrogen-bond acceptors (Lipinski definition) is 5. The van der Waals surface area contributed by atoms with Gasteiger partial charge in [0.15, 0.2) is 0 Å². The first-order chi connectivity index (χ1) is 15.5. The van der Waals surface area contributed by atoms with E-state index in [9.17, 15) is 9.18 Å². The number of carbonyl (C=O) groups is 1. The SMILES string of the molecule is CC(CNC(=O)C(C)N1CCCC(c2nc(-c3cccc(F)c3)no2)C1)c1ccccc1. The number of aromatic nitrogens is 2. The Hall–Kier alpha value is -3.06. The smallest absolute Gasteiger partial charge is 0.237 e. The van der Waals surface area contributed by atoms with Gasteiger partial charge in [-0.3, -0.25) is 9.69 Å². The van der Waals surface area contributed by atoms with Crippen molar-refractivity contribution < 1.29 is 13.7 Å². The van der Waals surface area contributed by atoms with E-state index in [4.69, 9.17) is 4.52 Å². The third-order valence-corrected chi connectivity index (χ3v) is 6.20. The molecule has 3 atom stereocenters. The van der Waals surface area contributed by atoms with E-state index in [0.717, 1.165) is 19.4 Å². The summed E-state index contributed by atoms with van der Waals surface area (Å²) in [5.41, 5.74) is 1.80. The molecule has 1 aliphatic rings. The van der Waals surface area contributed by atoms with Crippen LogP contribution in [0.4, 0.5) is 4.39 Å². The Kier molecular flexibility index (Phi) is 6.95. The molecule has 0 spiro atoms. The standard InChI is InChI=1S/C25H29FN4O2/c1-17(19-8-4-3-5-9-19)15-27-24(31)18(2)30-13-7-11-21(16-30)25-28-23(29-32-25)20-10-6-12-22(26)14-20/h3-6,8-10,12,14,17-18,21H,7,11,13,15-16H2,1-2H3,(H,27,31). The van der Waals surface area contributed by atoms with Crippen LogP contribution < -0.4 is 5.32 Å². The molecule has 1 aromatic heterocycles. The zero-order chi connectivity index (χ0) is 22.5. The van der Waals surface area contributed by atoms with Gasteiger partial charge in [-0.25, -0.2) is 4.39 Å². The average molecular weight is 437 g/mol. The number of halogens is 1. The molecule has 0 bridgehead atoms. The second-order valence-corrected chi connectivity index (χ2v) is 8.53. The van der Waals surface area contributed by atoms with Crippen molar-refractivity contribution in [2.45, 2.75) is 44.6 Å². The fraction of sp³-hybridized carbons (Fsp3) is 0.400. The molecule has 0 aliphatic carbocycles. The van der Waals surface area contributed by atoms with Crippen molar-refractivity contribution in [2.24, 2.45) is 0 Å². The molecule has 6 nitrogen and oxygen atoms in total. The van der Waals surface area contributed by atoms with E-state index < -0.39 is 0 Å². The van der Waals surface area contributed by atoms with Gasteiger partial charge in [0.1, 0.15) is 5.82 Å². The first-order valence-corrected chi connectivity index (χ1v) is 11.2. The zero-order valence-electron chi connectivity index (χ0n) is 18.5. The summed E-state index contributed by atoms with van der Waals surface area (Å²) in [6.07, 6.45) is 1.86. The van der Waals surface area contributed by atoms with E-state index in [1.807, 2.05) is 25.1 Å². The normalized spacial score (nSPS) is 18.8. The minimum Gasteiger partial charge on any atom is -0.354 e. The van der Waals surface area contributed by atoms with Crippen LogP contribution in [-0.2, 0) is 4.79 Å². The molecule has 2 aromatic carbocycles. The highest BCUT2D eigenvalue weighted by Gasteiger charge is 2.31. The Bertz CT molecular complexity index is 1040. The molecule has 4 rings (SSSR count). The lowest BCUT2D eigenvalue weighted by atomic mass is 9.96. The quantitative estimate of drug-likeness (QED) is 0.596. The maximum Gasteiger partial charge on any atom is 0.237 e. The molecule has 2 heterocycles. The van der Waals surface area contributed by atoms with Crippen molar-refractivity contribution in [2.75, 3.05) is 19.6 Å². The average Bonchev–Trinajstić information content (AvgIpc) is 3.33. The van der Waals surface area contributed by atoms with Crippen LogP contribution in [0.1, 0.15) is 50.0 Å². The van der Waals surface area contributed by atoms with Crippen LogP contribution in [0.25, 0.3) is 11.4 Å². The molecule has 0 saturated carbocycles. The maximum atomic E-state index is 13.5. The largest absolute Gasteiger partial charge is 0.354 e. The monoisotopic (exact) mass is 436 g/mol. The highest BCUT2D eigenvalue weighted by Crippen LogP contribution is 2.28. The number of carbonyl (C=O) groups excluding carboxylic acids is 1. The molecule has 1 fully saturated rings. The van der Waals surface area contributed by atoms with E-state index in [0.29, 0.717) is 30.4 Å².